The van der Waals surface area contributed by atoms with Gasteiger partial charge in [-0.3, -0.25) is 9.10 Å². The van der Waals surface area contributed by atoms with Gasteiger partial charge in [0.1, 0.15) is 6.54 Å². The molecule has 1 atom stereocenters. The summed E-state index contributed by atoms with van der Waals surface area (Å²) >= 11 is 12.0. The van der Waals surface area contributed by atoms with E-state index in [1.165, 1.54) is 30.3 Å². The van der Waals surface area contributed by atoms with Gasteiger partial charge in [0.25, 0.3) is 10.0 Å². The van der Waals surface area contributed by atoms with Crippen molar-refractivity contribution in [3.63, 3.8) is 0 Å². The number of aryl methyl sites for hydroxylation is 1. The largest absolute Gasteiger partial charge is 0.352 e. The zero-order chi connectivity index (χ0) is 21.1. The van der Waals surface area contributed by atoms with Crippen LogP contribution in [0.1, 0.15) is 26.3 Å². The number of amides is 1. The Balaban J connectivity index is 2.44. The van der Waals surface area contributed by atoms with Crippen LogP contribution >= 0.6 is 23.2 Å². The van der Waals surface area contributed by atoms with Crippen LogP contribution in [0.15, 0.2) is 47.4 Å². The molecule has 8 heteroatoms. The molecule has 2 rings (SSSR count). The first-order chi connectivity index (χ1) is 13.0. The second-order valence-electron chi connectivity index (χ2n) is 7.02. The molecule has 1 amide bonds. The average Bonchev–Trinajstić information content (AvgIpc) is 2.62. The van der Waals surface area contributed by atoms with Crippen LogP contribution in [0.3, 0.4) is 0 Å². The van der Waals surface area contributed by atoms with Gasteiger partial charge in [-0.05, 0) is 50.1 Å². The summed E-state index contributed by atoms with van der Waals surface area (Å²) in [5.74, 6) is -0.181. The summed E-state index contributed by atoms with van der Waals surface area (Å²) in [7, 11) is -3.98. The summed E-state index contributed by atoms with van der Waals surface area (Å²) in [6.45, 7) is 7.33. The van der Waals surface area contributed by atoms with E-state index in [-0.39, 0.29) is 34.1 Å². The van der Waals surface area contributed by atoms with E-state index in [9.17, 15) is 13.2 Å². The molecule has 0 radical (unpaired) electrons. The van der Waals surface area contributed by atoms with Crippen molar-refractivity contribution in [2.45, 2.75) is 38.6 Å². The van der Waals surface area contributed by atoms with E-state index in [4.69, 9.17) is 23.2 Å². The van der Waals surface area contributed by atoms with Crippen LogP contribution in [0.5, 0.6) is 0 Å². The minimum atomic E-state index is -3.98. The number of nitrogens with zero attached hydrogens (tertiary/aromatic N) is 1. The van der Waals surface area contributed by atoms with Crippen molar-refractivity contribution in [2.24, 2.45) is 5.92 Å². The molecule has 0 aliphatic rings. The van der Waals surface area contributed by atoms with Crippen molar-refractivity contribution in [1.29, 1.82) is 0 Å². The van der Waals surface area contributed by atoms with Crippen molar-refractivity contribution in [3.8, 4) is 0 Å². The Kier molecular flexibility index (Phi) is 7.37. The quantitative estimate of drug-likeness (QED) is 0.677. The molecule has 2 aromatic rings. The number of carbonyl (C=O) groups is 1. The first-order valence-corrected chi connectivity index (χ1v) is 11.1. The van der Waals surface area contributed by atoms with E-state index >= 15 is 0 Å². The summed E-state index contributed by atoms with van der Waals surface area (Å²) in [6, 6.07) is 10.8. The predicted molar refractivity (Wildman–Crippen MR) is 115 cm³/mol. The molecule has 5 nitrogen and oxygen atoms in total. The number of sulfonamides is 1. The lowest BCUT2D eigenvalue weighted by molar-refractivity contribution is -0.120. The van der Waals surface area contributed by atoms with E-state index in [0.717, 1.165) is 9.87 Å². The maximum atomic E-state index is 13.3. The maximum Gasteiger partial charge on any atom is 0.264 e. The van der Waals surface area contributed by atoms with Gasteiger partial charge in [-0.1, -0.05) is 54.7 Å². The Labute approximate surface area is 176 Å². The Morgan fingerprint density at radius 2 is 1.64 bits per heavy atom. The highest BCUT2D eigenvalue weighted by atomic mass is 35.5. The highest BCUT2D eigenvalue weighted by molar-refractivity contribution is 7.92. The number of hydrogen-bond donors (Lipinski definition) is 1. The minimum Gasteiger partial charge on any atom is -0.352 e. The lowest BCUT2D eigenvalue weighted by atomic mass is 10.1. The highest BCUT2D eigenvalue weighted by Gasteiger charge is 2.28. The zero-order valence-corrected chi connectivity index (χ0v) is 18.6. The van der Waals surface area contributed by atoms with Crippen LogP contribution in [0.2, 0.25) is 10.0 Å². The fourth-order valence-corrected chi connectivity index (χ4v) is 4.09. The number of halogens is 2. The monoisotopic (exact) mass is 442 g/mol. The lowest BCUT2D eigenvalue weighted by Gasteiger charge is -2.26. The third kappa shape index (κ3) is 5.40. The van der Waals surface area contributed by atoms with Crippen molar-refractivity contribution >= 4 is 44.8 Å². The zero-order valence-electron chi connectivity index (χ0n) is 16.2. The van der Waals surface area contributed by atoms with E-state index in [2.05, 4.69) is 5.32 Å². The molecule has 28 heavy (non-hydrogen) atoms. The van der Waals surface area contributed by atoms with Gasteiger partial charge in [-0.15, -0.1) is 0 Å². The average molecular weight is 443 g/mol. The van der Waals surface area contributed by atoms with Crippen LogP contribution in [0.25, 0.3) is 0 Å². The molecule has 0 unspecified atom stereocenters. The number of hydrogen-bond acceptors (Lipinski definition) is 3. The molecule has 2 aromatic carbocycles. The van der Waals surface area contributed by atoms with E-state index in [1.54, 1.807) is 12.1 Å². The lowest BCUT2D eigenvalue weighted by Crippen LogP contribution is -2.45. The molecule has 0 aliphatic heterocycles. The van der Waals surface area contributed by atoms with E-state index in [1.807, 2.05) is 27.7 Å². The van der Waals surface area contributed by atoms with Gasteiger partial charge < -0.3 is 5.32 Å². The second-order valence-corrected chi connectivity index (χ2v) is 9.70. The number of benzene rings is 2. The minimum absolute atomic E-state index is 0.0916. The first kappa shape index (κ1) is 22.5. The van der Waals surface area contributed by atoms with Gasteiger partial charge in [0, 0.05) is 6.04 Å². The number of rotatable bonds is 7. The molecule has 0 spiro atoms. The Morgan fingerprint density at radius 1 is 1.04 bits per heavy atom. The van der Waals surface area contributed by atoms with Crippen LogP contribution < -0.4 is 9.62 Å². The smallest absolute Gasteiger partial charge is 0.264 e. The number of carbonyl (C=O) groups excluding carboxylic acids is 1. The SMILES string of the molecule is Cc1ccc(S(=O)(=O)N(CC(=O)N[C@@H](C)C(C)C)c2ccc(Cl)c(Cl)c2)cc1. The van der Waals surface area contributed by atoms with Gasteiger partial charge >= 0.3 is 0 Å². The summed E-state index contributed by atoms with van der Waals surface area (Å²) < 4.78 is 27.6. The third-order valence-electron chi connectivity index (χ3n) is 4.48. The summed E-state index contributed by atoms with van der Waals surface area (Å²) in [5, 5.41) is 3.34. The Hall–Kier alpha value is -1.76. The fourth-order valence-electron chi connectivity index (χ4n) is 2.39. The van der Waals surface area contributed by atoms with E-state index in [0.29, 0.717) is 5.02 Å². The molecule has 0 aromatic heterocycles. The number of nitrogens with one attached hydrogen (secondary N) is 1. The fraction of sp³-hybridized carbons (Fsp3) is 0.350. The molecule has 0 heterocycles. The molecule has 1 N–H and O–H groups in total. The van der Waals surface area contributed by atoms with Crippen LogP contribution in [0.4, 0.5) is 5.69 Å². The third-order valence-corrected chi connectivity index (χ3v) is 7.00. The molecule has 0 aliphatic carbocycles. The maximum absolute atomic E-state index is 13.3. The topological polar surface area (TPSA) is 66.5 Å². The Morgan fingerprint density at radius 3 is 2.18 bits per heavy atom. The van der Waals surface area contributed by atoms with Gasteiger partial charge in [-0.2, -0.15) is 0 Å². The van der Waals surface area contributed by atoms with Crippen LogP contribution in [-0.4, -0.2) is 26.9 Å². The van der Waals surface area contributed by atoms with Gasteiger partial charge in [0.15, 0.2) is 0 Å². The van der Waals surface area contributed by atoms with Crippen molar-refractivity contribution in [3.05, 3.63) is 58.1 Å². The molecule has 152 valence electrons. The van der Waals surface area contributed by atoms with Gasteiger partial charge in [0.2, 0.25) is 5.91 Å². The first-order valence-electron chi connectivity index (χ1n) is 8.86. The molecule has 0 bridgehead atoms. The van der Waals surface area contributed by atoms with E-state index < -0.39 is 15.9 Å². The van der Waals surface area contributed by atoms with Crippen LogP contribution in [0, 0.1) is 12.8 Å². The predicted octanol–water partition coefficient (Wildman–Crippen LogP) is 4.66. The summed E-state index contributed by atoms with van der Waals surface area (Å²) in [4.78, 5) is 12.6. The molecular formula is C20H24Cl2N2O3S. The highest BCUT2D eigenvalue weighted by Crippen LogP contribution is 2.30. The van der Waals surface area contributed by atoms with Crippen molar-refractivity contribution in [2.75, 3.05) is 10.8 Å². The standard InChI is InChI=1S/C20H24Cl2N2O3S/c1-13(2)15(4)23-20(25)12-24(16-7-10-18(21)19(22)11-16)28(26,27)17-8-5-14(3)6-9-17/h5-11,13,15H,12H2,1-4H3,(H,23,25)/t15-/m0/s1. The Bertz CT molecular complexity index is 944. The number of anilines is 1. The summed E-state index contributed by atoms with van der Waals surface area (Å²) in [6.07, 6.45) is 0. The van der Waals surface area contributed by atoms with Crippen molar-refractivity contribution in [1.82, 2.24) is 5.32 Å². The molecule has 0 fully saturated rings. The van der Waals surface area contributed by atoms with Crippen LogP contribution in [-0.2, 0) is 14.8 Å². The van der Waals surface area contributed by atoms with Gasteiger partial charge in [-0.25, -0.2) is 8.42 Å². The normalized spacial score (nSPS) is 12.7. The van der Waals surface area contributed by atoms with Gasteiger partial charge in [0.05, 0.1) is 20.6 Å². The van der Waals surface area contributed by atoms with Crippen molar-refractivity contribution < 1.29 is 13.2 Å². The molecular weight excluding hydrogens is 419 g/mol. The summed E-state index contributed by atoms with van der Waals surface area (Å²) in [5.41, 5.74) is 1.20. The molecule has 0 saturated heterocycles. The molecule has 0 saturated carbocycles. The second kappa shape index (κ2) is 9.16.